The van der Waals surface area contributed by atoms with Crippen molar-refractivity contribution < 1.29 is 14.9 Å². The Morgan fingerprint density at radius 1 is 1.44 bits per heavy atom. The third-order valence-electron chi connectivity index (χ3n) is 2.40. The van der Waals surface area contributed by atoms with Crippen LogP contribution in [0.25, 0.3) is 0 Å². The third kappa shape index (κ3) is 2.86. The molecule has 1 rings (SSSR count). The number of aliphatic hydroxyl groups is 2. The Labute approximate surface area is 99.6 Å². The normalized spacial score (nSPS) is 14.6. The van der Waals surface area contributed by atoms with E-state index < -0.39 is 12.2 Å². The molecule has 0 spiro atoms. The standard InChI is InChI=1S/C11H16ClNO3/c1-16-10-3-2-7(4-8(10)5-12)11(15)9(14)6-13/h2-4,9,11,14-15H,5-6,13H2,1H3. The molecule has 0 aliphatic heterocycles. The van der Waals surface area contributed by atoms with Crippen LogP contribution in [0.15, 0.2) is 18.2 Å². The number of benzene rings is 1. The topological polar surface area (TPSA) is 75.7 Å². The lowest BCUT2D eigenvalue weighted by Gasteiger charge is -2.17. The smallest absolute Gasteiger partial charge is 0.123 e. The molecule has 0 aliphatic carbocycles. The molecular formula is C11H16ClNO3. The van der Waals surface area contributed by atoms with Gasteiger partial charge in [-0.1, -0.05) is 6.07 Å². The maximum atomic E-state index is 9.76. The molecule has 0 aliphatic rings. The number of nitrogens with two attached hydrogens (primary N) is 1. The number of ether oxygens (including phenoxy) is 1. The Balaban J connectivity index is 2.98. The van der Waals surface area contributed by atoms with Crippen LogP contribution in [0.3, 0.4) is 0 Å². The van der Waals surface area contributed by atoms with E-state index in [0.29, 0.717) is 11.3 Å². The average molecular weight is 246 g/mol. The van der Waals surface area contributed by atoms with Crippen LogP contribution in [0, 0.1) is 0 Å². The summed E-state index contributed by atoms with van der Waals surface area (Å²) in [5, 5.41) is 19.2. The lowest BCUT2D eigenvalue weighted by Crippen LogP contribution is -2.27. The Kier molecular flexibility index (Phi) is 5.02. The average Bonchev–Trinajstić information content (AvgIpc) is 2.35. The van der Waals surface area contributed by atoms with Crippen molar-refractivity contribution in [3.05, 3.63) is 29.3 Å². The Morgan fingerprint density at radius 2 is 2.12 bits per heavy atom. The molecule has 1 aromatic carbocycles. The molecule has 0 fully saturated rings. The van der Waals surface area contributed by atoms with Crippen molar-refractivity contribution in [3.8, 4) is 5.75 Å². The Morgan fingerprint density at radius 3 is 2.62 bits per heavy atom. The van der Waals surface area contributed by atoms with Gasteiger partial charge in [0.1, 0.15) is 11.9 Å². The number of aliphatic hydroxyl groups excluding tert-OH is 2. The van der Waals surface area contributed by atoms with Crippen molar-refractivity contribution in [2.45, 2.75) is 18.1 Å². The van der Waals surface area contributed by atoms with Crippen molar-refractivity contribution in [2.75, 3.05) is 13.7 Å². The summed E-state index contributed by atoms with van der Waals surface area (Å²) in [5.41, 5.74) is 6.62. The maximum Gasteiger partial charge on any atom is 0.123 e. The summed E-state index contributed by atoms with van der Waals surface area (Å²) in [6, 6.07) is 5.09. The summed E-state index contributed by atoms with van der Waals surface area (Å²) >= 11 is 5.75. The van der Waals surface area contributed by atoms with Gasteiger partial charge >= 0.3 is 0 Å². The van der Waals surface area contributed by atoms with Crippen LogP contribution in [0.5, 0.6) is 5.75 Å². The molecule has 0 heterocycles. The highest BCUT2D eigenvalue weighted by Gasteiger charge is 2.17. The van der Waals surface area contributed by atoms with E-state index in [1.807, 2.05) is 0 Å². The van der Waals surface area contributed by atoms with E-state index >= 15 is 0 Å². The second-order valence-corrected chi connectivity index (χ2v) is 3.72. The van der Waals surface area contributed by atoms with Gasteiger partial charge in [-0.05, 0) is 17.7 Å². The second-order valence-electron chi connectivity index (χ2n) is 3.45. The zero-order valence-electron chi connectivity index (χ0n) is 9.06. The molecule has 1 aromatic rings. The molecule has 5 heteroatoms. The van der Waals surface area contributed by atoms with Crippen LogP contribution in [-0.4, -0.2) is 30.0 Å². The first-order valence-corrected chi connectivity index (χ1v) is 5.46. The predicted octanol–water partition coefficient (Wildman–Crippen LogP) is 0.787. The number of halogens is 1. The van der Waals surface area contributed by atoms with Gasteiger partial charge in [0.05, 0.1) is 19.1 Å². The van der Waals surface area contributed by atoms with E-state index in [1.54, 1.807) is 25.3 Å². The first kappa shape index (κ1) is 13.3. The molecule has 0 aromatic heterocycles. The molecule has 90 valence electrons. The van der Waals surface area contributed by atoms with Gasteiger partial charge in [0.2, 0.25) is 0 Å². The van der Waals surface area contributed by atoms with Crippen molar-refractivity contribution in [1.29, 1.82) is 0 Å². The summed E-state index contributed by atoms with van der Waals surface area (Å²) in [7, 11) is 1.55. The lowest BCUT2D eigenvalue weighted by atomic mass is 10.0. The first-order valence-electron chi connectivity index (χ1n) is 4.93. The van der Waals surface area contributed by atoms with Crippen molar-refractivity contribution in [1.82, 2.24) is 0 Å². The van der Waals surface area contributed by atoms with Crippen molar-refractivity contribution in [3.63, 3.8) is 0 Å². The van der Waals surface area contributed by atoms with Crippen molar-refractivity contribution >= 4 is 11.6 Å². The molecule has 2 unspecified atom stereocenters. The second kappa shape index (κ2) is 6.06. The molecule has 0 saturated heterocycles. The number of rotatable bonds is 5. The van der Waals surface area contributed by atoms with E-state index in [4.69, 9.17) is 22.1 Å². The quantitative estimate of drug-likeness (QED) is 0.671. The number of hydrogen-bond donors (Lipinski definition) is 3. The van der Waals surface area contributed by atoms with Gasteiger partial charge in [-0.2, -0.15) is 0 Å². The summed E-state index contributed by atoms with van der Waals surface area (Å²) in [6.07, 6.45) is -1.98. The van der Waals surface area contributed by atoms with Crippen molar-refractivity contribution in [2.24, 2.45) is 5.73 Å². The summed E-state index contributed by atoms with van der Waals surface area (Å²) in [4.78, 5) is 0. The van der Waals surface area contributed by atoms with E-state index in [1.165, 1.54) is 0 Å². The monoisotopic (exact) mass is 245 g/mol. The number of hydrogen-bond acceptors (Lipinski definition) is 4. The SMILES string of the molecule is COc1ccc(C(O)C(O)CN)cc1CCl. The molecule has 0 saturated carbocycles. The highest BCUT2D eigenvalue weighted by Crippen LogP contribution is 2.26. The van der Waals surface area contributed by atoms with Gasteiger partial charge in [-0.25, -0.2) is 0 Å². The van der Waals surface area contributed by atoms with Crippen LogP contribution in [0.1, 0.15) is 17.2 Å². The molecule has 0 bridgehead atoms. The third-order valence-corrected chi connectivity index (χ3v) is 2.68. The summed E-state index contributed by atoms with van der Waals surface area (Å²) < 4.78 is 5.10. The number of methoxy groups -OCH3 is 1. The molecule has 2 atom stereocenters. The zero-order valence-corrected chi connectivity index (χ0v) is 9.81. The van der Waals surface area contributed by atoms with Gasteiger partial charge in [-0.3, -0.25) is 0 Å². The molecule has 4 N–H and O–H groups in total. The molecule has 0 amide bonds. The fraction of sp³-hybridized carbons (Fsp3) is 0.455. The van der Waals surface area contributed by atoms with Gasteiger partial charge < -0.3 is 20.7 Å². The van der Waals surface area contributed by atoms with Gasteiger partial charge in [0.25, 0.3) is 0 Å². The van der Waals surface area contributed by atoms with Gasteiger partial charge in [-0.15, -0.1) is 11.6 Å². The zero-order chi connectivity index (χ0) is 12.1. The maximum absolute atomic E-state index is 9.76. The van der Waals surface area contributed by atoms with Gasteiger partial charge in [0, 0.05) is 12.1 Å². The van der Waals surface area contributed by atoms with E-state index in [9.17, 15) is 10.2 Å². The minimum absolute atomic E-state index is 0.00338. The van der Waals surface area contributed by atoms with E-state index in [0.717, 1.165) is 5.56 Å². The Hall–Kier alpha value is -0.810. The van der Waals surface area contributed by atoms with Crippen LogP contribution >= 0.6 is 11.6 Å². The predicted molar refractivity (Wildman–Crippen MR) is 62.6 cm³/mol. The van der Waals surface area contributed by atoms with E-state index in [-0.39, 0.29) is 12.4 Å². The molecule has 4 nitrogen and oxygen atoms in total. The van der Waals surface area contributed by atoms with Crippen LogP contribution in [-0.2, 0) is 5.88 Å². The molecule has 0 radical (unpaired) electrons. The van der Waals surface area contributed by atoms with Crippen LogP contribution in [0.4, 0.5) is 0 Å². The molecular weight excluding hydrogens is 230 g/mol. The minimum Gasteiger partial charge on any atom is -0.496 e. The van der Waals surface area contributed by atoms with Gasteiger partial charge in [0.15, 0.2) is 0 Å². The first-order chi connectivity index (χ1) is 7.63. The summed E-state index contributed by atoms with van der Waals surface area (Å²) in [6.45, 7) is 0.00338. The minimum atomic E-state index is -1.00. The van der Waals surface area contributed by atoms with Crippen LogP contribution < -0.4 is 10.5 Å². The lowest BCUT2D eigenvalue weighted by molar-refractivity contribution is 0.0243. The molecule has 16 heavy (non-hydrogen) atoms. The largest absolute Gasteiger partial charge is 0.496 e. The highest BCUT2D eigenvalue weighted by molar-refractivity contribution is 6.17. The number of alkyl halides is 1. The fourth-order valence-electron chi connectivity index (χ4n) is 1.44. The fourth-order valence-corrected chi connectivity index (χ4v) is 1.65. The van der Waals surface area contributed by atoms with Crippen LogP contribution in [0.2, 0.25) is 0 Å². The van der Waals surface area contributed by atoms with E-state index in [2.05, 4.69) is 0 Å². The summed E-state index contributed by atoms with van der Waals surface area (Å²) in [5.74, 6) is 0.941. The Bertz CT molecular complexity index is 346. The highest BCUT2D eigenvalue weighted by atomic mass is 35.5.